The number of fused-ring (bicyclic) bond motifs is 6. The number of nitrogens with zero attached hydrogens (tertiary/aromatic N) is 2. The lowest BCUT2D eigenvalue weighted by atomic mass is 9.58. The fourth-order valence-electron chi connectivity index (χ4n) is 7.23. The highest BCUT2D eigenvalue weighted by Crippen LogP contribution is 2.70. The van der Waals surface area contributed by atoms with E-state index in [4.69, 9.17) is 0 Å². The van der Waals surface area contributed by atoms with Crippen LogP contribution < -0.4 is 5.32 Å². The third kappa shape index (κ3) is 2.36. The van der Waals surface area contributed by atoms with Crippen molar-refractivity contribution in [2.45, 2.75) is 23.9 Å². The van der Waals surface area contributed by atoms with Gasteiger partial charge in [-0.3, -0.25) is 24.6 Å². The van der Waals surface area contributed by atoms with Gasteiger partial charge in [-0.1, -0.05) is 54.6 Å². The highest BCUT2D eigenvalue weighted by molar-refractivity contribution is 7.99. The number of nitro groups is 1. The number of nitrogens with one attached hydrogen (secondary N) is 1. The van der Waals surface area contributed by atoms with Crippen LogP contribution in [0.2, 0.25) is 0 Å². The number of thioether (sulfide) groups is 1. The second kappa shape index (κ2) is 7.02. The average Bonchev–Trinajstić information content (AvgIpc) is 3.58. The van der Waals surface area contributed by atoms with Crippen molar-refractivity contribution in [2.24, 2.45) is 5.41 Å². The summed E-state index contributed by atoms with van der Waals surface area (Å²) in [7, 11) is 0. The van der Waals surface area contributed by atoms with Gasteiger partial charge >= 0.3 is 0 Å². The monoisotopic (exact) mass is 483 g/mol. The molecule has 8 heteroatoms. The second-order valence-electron chi connectivity index (χ2n) is 9.71. The molecule has 35 heavy (non-hydrogen) atoms. The molecule has 0 radical (unpaired) electrons. The Bertz CT molecular complexity index is 1440. The fourth-order valence-corrected chi connectivity index (χ4v) is 8.53. The van der Waals surface area contributed by atoms with Crippen molar-refractivity contribution in [1.82, 2.24) is 4.90 Å². The van der Waals surface area contributed by atoms with Crippen LogP contribution in [-0.2, 0) is 16.8 Å². The van der Waals surface area contributed by atoms with E-state index in [-0.39, 0.29) is 29.3 Å². The zero-order valence-corrected chi connectivity index (χ0v) is 19.5. The maximum absolute atomic E-state index is 14.6. The van der Waals surface area contributed by atoms with E-state index in [1.54, 1.807) is 23.9 Å². The number of anilines is 1. The van der Waals surface area contributed by atoms with Crippen LogP contribution in [0, 0.1) is 15.5 Å². The largest absolute Gasteiger partial charge is 0.324 e. The second-order valence-corrected chi connectivity index (χ2v) is 10.7. The van der Waals surface area contributed by atoms with Gasteiger partial charge in [0.25, 0.3) is 11.6 Å². The van der Waals surface area contributed by atoms with Crippen molar-refractivity contribution in [2.75, 3.05) is 16.9 Å². The molecule has 3 aromatic carbocycles. The maximum atomic E-state index is 14.6. The van der Waals surface area contributed by atoms with Crippen LogP contribution in [0.3, 0.4) is 0 Å². The van der Waals surface area contributed by atoms with Crippen LogP contribution >= 0.6 is 11.8 Å². The molecule has 174 valence electrons. The highest BCUT2D eigenvalue weighted by Gasteiger charge is 2.78. The first kappa shape index (κ1) is 20.8. The van der Waals surface area contributed by atoms with Crippen molar-refractivity contribution < 1.29 is 14.5 Å². The lowest BCUT2D eigenvalue weighted by molar-refractivity contribution is -0.384. The molecule has 3 aromatic rings. The Hall–Kier alpha value is -3.49. The van der Waals surface area contributed by atoms with Gasteiger partial charge in [-0.2, -0.15) is 0 Å². The average molecular weight is 484 g/mol. The Morgan fingerprint density at radius 1 is 1.00 bits per heavy atom. The molecule has 0 bridgehead atoms. The van der Waals surface area contributed by atoms with Crippen LogP contribution in [0.4, 0.5) is 11.4 Å². The molecule has 7 rings (SSSR count). The van der Waals surface area contributed by atoms with Gasteiger partial charge in [0.05, 0.1) is 10.3 Å². The predicted molar refractivity (Wildman–Crippen MR) is 132 cm³/mol. The van der Waals surface area contributed by atoms with E-state index in [1.807, 2.05) is 48.5 Å². The minimum atomic E-state index is -1.15. The van der Waals surface area contributed by atoms with Crippen LogP contribution in [0.1, 0.15) is 33.0 Å². The molecular weight excluding hydrogens is 462 g/mol. The zero-order valence-electron chi connectivity index (χ0n) is 18.6. The van der Waals surface area contributed by atoms with E-state index < -0.39 is 15.9 Å². The maximum Gasteiger partial charge on any atom is 0.269 e. The zero-order chi connectivity index (χ0) is 23.9. The Morgan fingerprint density at radius 2 is 1.74 bits per heavy atom. The first-order valence-corrected chi connectivity index (χ1v) is 12.8. The number of hydrogen-bond acceptors (Lipinski definition) is 6. The van der Waals surface area contributed by atoms with Crippen LogP contribution in [-0.4, -0.2) is 39.2 Å². The minimum Gasteiger partial charge on any atom is -0.324 e. The van der Waals surface area contributed by atoms with Gasteiger partial charge in [-0.05, 0) is 23.6 Å². The summed E-state index contributed by atoms with van der Waals surface area (Å²) in [6, 6.07) is 21.9. The number of amides is 1. The summed E-state index contributed by atoms with van der Waals surface area (Å²) >= 11 is 1.76. The topological polar surface area (TPSA) is 92.6 Å². The van der Waals surface area contributed by atoms with E-state index >= 15 is 0 Å². The molecule has 1 amide bonds. The number of hydrogen-bond donors (Lipinski definition) is 1. The molecule has 3 heterocycles. The van der Waals surface area contributed by atoms with Gasteiger partial charge in [0, 0.05) is 52.5 Å². The molecule has 3 aliphatic heterocycles. The quantitative estimate of drug-likeness (QED) is 0.431. The predicted octanol–water partition coefficient (Wildman–Crippen LogP) is 4.34. The van der Waals surface area contributed by atoms with Gasteiger partial charge in [0.15, 0.2) is 5.78 Å². The van der Waals surface area contributed by atoms with Crippen LogP contribution in [0.25, 0.3) is 0 Å². The molecule has 2 fully saturated rings. The van der Waals surface area contributed by atoms with Crippen molar-refractivity contribution in [1.29, 1.82) is 0 Å². The van der Waals surface area contributed by atoms with E-state index in [0.717, 1.165) is 28.1 Å². The van der Waals surface area contributed by atoms with Crippen molar-refractivity contribution >= 4 is 34.8 Å². The number of benzene rings is 3. The molecule has 0 unspecified atom stereocenters. The van der Waals surface area contributed by atoms with E-state index in [0.29, 0.717) is 17.9 Å². The number of rotatable bonds is 2. The van der Waals surface area contributed by atoms with E-state index in [1.165, 1.54) is 12.1 Å². The highest BCUT2D eigenvalue weighted by atomic mass is 32.2. The van der Waals surface area contributed by atoms with Crippen molar-refractivity contribution in [3.8, 4) is 0 Å². The van der Waals surface area contributed by atoms with Gasteiger partial charge < -0.3 is 5.32 Å². The number of ketones is 1. The SMILES string of the molecule is O=C1Nc2ccccc2[C@]12N1CSC[C@H]1[C@H](c1ccc([N+](=O)[O-])cc1)[C@]21Cc2ccccc2C1=O. The summed E-state index contributed by atoms with van der Waals surface area (Å²) in [5.41, 5.74) is 1.89. The summed E-state index contributed by atoms with van der Waals surface area (Å²) < 4.78 is 0. The Labute approximate surface area is 205 Å². The number of nitro benzene ring substituents is 1. The first-order valence-electron chi connectivity index (χ1n) is 11.6. The Kier molecular flexibility index (Phi) is 4.18. The Morgan fingerprint density at radius 3 is 2.51 bits per heavy atom. The van der Waals surface area contributed by atoms with Crippen molar-refractivity contribution in [3.05, 3.63) is 105 Å². The molecule has 0 saturated carbocycles. The van der Waals surface area contributed by atoms with Crippen LogP contribution in [0.5, 0.6) is 0 Å². The third-order valence-electron chi connectivity index (χ3n) is 8.40. The lowest BCUT2D eigenvalue weighted by Crippen LogP contribution is -2.58. The molecule has 7 nitrogen and oxygen atoms in total. The summed E-state index contributed by atoms with van der Waals surface area (Å²) in [4.78, 5) is 41.9. The summed E-state index contributed by atoms with van der Waals surface area (Å²) in [6.07, 6.45) is 0.448. The lowest BCUT2D eigenvalue weighted by Gasteiger charge is -2.44. The summed E-state index contributed by atoms with van der Waals surface area (Å²) in [5.74, 6) is 0.959. The normalized spacial score (nSPS) is 30.5. The molecular formula is C27H21N3O4S. The molecule has 1 N–H and O–H groups in total. The Balaban J connectivity index is 1.54. The standard InChI is InChI=1S/C27H21N3O4S/c31-24-19-6-2-1-5-17(19)13-26(24)23(16-9-11-18(12-10-16)30(33)34)22-14-35-15-29(22)27(26)20-7-3-4-8-21(20)28-25(27)32/h1-12,22-23H,13-15H2,(H,28,32)/t22-,23-,26-,27-/m0/s1. The van der Waals surface area contributed by atoms with Gasteiger partial charge in [0.2, 0.25) is 0 Å². The van der Waals surface area contributed by atoms with E-state index in [2.05, 4.69) is 10.2 Å². The smallest absolute Gasteiger partial charge is 0.269 e. The number of carbonyl (C=O) groups excluding carboxylic acids is 2. The van der Waals surface area contributed by atoms with Gasteiger partial charge in [-0.15, -0.1) is 11.8 Å². The van der Waals surface area contributed by atoms with E-state index in [9.17, 15) is 19.7 Å². The molecule has 1 aliphatic carbocycles. The molecule has 4 atom stereocenters. The first-order chi connectivity index (χ1) is 17.0. The van der Waals surface area contributed by atoms with Crippen LogP contribution in [0.15, 0.2) is 72.8 Å². The van der Waals surface area contributed by atoms with Gasteiger partial charge in [0.1, 0.15) is 5.54 Å². The van der Waals surface area contributed by atoms with Gasteiger partial charge in [-0.25, -0.2) is 0 Å². The fraction of sp³-hybridized carbons (Fsp3) is 0.259. The summed E-state index contributed by atoms with van der Waals surface area (Å²) in [6.45, 7) is 0. The minimum absolute atomic E-state index is 0.0114. The molecule has 2 saturated heterocycles. The van der Waals surface area contributed by atoms with Crippen molar-refractivity contribution in [3.63, 3.8) is 0 Å². The summed E-state index contributed by atoms with van der Waals surface area (Å²) in [5, 5.41) is 14.4. The molecule has 0 aromatic heterocycles. The third-order valence-corrected chi connectivity index (χ3v) is 9.44. The molecule has 2 spiro atoms. The number of Topliss-reactive ketones (excluding diaryl/α,β-unsaturated/α-hetero) is 1. The number of para-hydroxylation sites is 1. The molecule has 4 aliphatic rings. The number of non-ortho nitro benzene ring substituents is 1. The number of carbonyl (C=O) groups is 2.